The van der Waals surface area contributed by atoms with Crippen molar-refractivity contribution in [2.24, 2.45) is 0 Å². The number of carbonyl (C=O) groups is 2. The zero-order valence-electron chi connectivity index (χ0n) is 20.3. The molecule has 7 heteroatoms. The number of methoxy groups -OCH3 is 1. The second kappa shape index (κ2) is 9.47. The van der Waals surface area contributed by atoms with Gasteiger partial charge >= 0.3 is 0 Å². The number of ether oxygens (including phenoxy) is 1. The van der Waals surface area contributed by atoms with E-state index in [1.165, 1.54) is 12.0 Å². The third kappa shape index (κ3) is 4.37. The number of amides is 1. The van der Waals surface area contributed by atoms with E-state index >= 15 is 0 Å². The fourth-order valence-corrected chi connectivity index (χ4v) is 4.68. The molecule has 1 saturated heterocycles. The van der Waals surface area contributed by atoms with E-state index in [2.05, 4.69) is 0 Å². The molecule has 0 bridgehead atoms. The summed E-state index contributed by atoms with van der Waals surface area (Å²) in [7, 11) is 5.30. The fraction of sp³-hybridized carbons (Fsp3) is 0.214. The monoisotopic (exact) mass is 490 g/mol. The molecular weight excluding hydrogens is 464 g/mol. The molecule has 6 nitrogen and oxygen atoms in total. The number of hydrogen-bond acceptors (Lipinski definition) is 5. The molecule has 1 aliphatic rings. The molecule has 1 atom stereocenters. The molecule has 1 aliphatic heterocycles. The van der Waals surface area contributed by atoms with Crippen molar-refractivity contribution in [2.45, 2.75) is 19.9 Å². The van der Waals surface area contributed by atoms with Crippen molar-refractivity contribution >= 4 is 40.4 Å². The van der Waals surface area contributed by atoms with Crippen LogP contribution in [0.5, 0.6) is 5.75 Å². The van der Waals surface area contributed by atoms with Crippen LogP contribution in [0.1, 0.15) is 28.3 Å². The predicted molar refractivity (Wildman–Crippen MR) is 139 cm³/mol. The molecule has 1 amide bonds. The number of hydrogen-bond donors (Lipinski definition) is 1. The van der Waals surface area contributed by atoms with E-state index in [1.807, 2.05) is 69.2 Å². The Morgan fingerprint density at radius 3 is 2.17 bits per heavy atom. The van der Waals surface area contributed by atoms with Crippen molar-refractivity contribution in [3.8, 4) is 5.75 Å². The van der Waals surface area contributed by atoms with E-state index in [4.69, 9.17) is 16.3 Å². The predicted octanol–water partition coefficient (Wildman–Crippen LogP) is 5.66. The maximum absolute atomic E-state index is 13.4. The van der Waals surface area contributed by atoms with Gasteiger partial charge in [-0.05, 0) is 61.4 Å². The van der Waals surface area contributed by atoms with Gasteiger partial charge in [0, 0.05) is 25.5 Å². The highest BCUT2D eigenvalue weighted by Gasteiger charge is 2.47. The minimum atomic E-state index is -0.835. The Hall–Kier alpha value is -3.77. The van der Waals surface area contributed by atoms with Crippen molar-refractivity contribution in [2.75, 3.05) is 31.0 Å². The van der Waals surface area contributed by atoms with E-state index in [9.17, 15) is 14.7 Å². The maximum Gasteiger partial charge on any atom is 0.300 e. The van der Waals surface area contributed by atoms with E-state index in [-0.39, 0.29) is 22.6 Å². The van der Waals surface area contributed by atoms with Gasteiger partial charge in [0.15, 0.2) is 0 Å². The van der Waals surface area contributed by atoms with E-state index in [0.717, 1.165) is 16.8 Å². The molecule has 3 aromatic rings. The number of carbonyl (C=O) groups excluding carboxylic acids is 2. The Balaban J connectivity index is 1.98. The van der Waals surface area contributed by atoms with Gasteiger partial charge in [0.05, 0.1) is 29.3 Å². The molecule has 3 aromatic carbocycles. The molecule has 1 heterocycles. The molecule has 0 spiro atoms. The Kier molecular flexibility index (Phi) is 6.59. The van der Waals surface area contributed by atoms with Crippen LogP contribution in [0.25, 0.3) is 5.76 Å². The third-order valence-electron chi connectivity index (χ3n) is 6.13. The van der Waals surface area contributed by atoms with Gasteiger partial charge in [-0.1, -0.05) is 41.4 Å². The van der Waals surface area contributed by atoms with Gasteiger partial charge < -0.3 is 14.7 Å². The molecule has 35 heavy (non-hydrogen) atoms. The van der Waals surface area contributed by atoms with Gasteiger partial charge in [-0.2, -0.15) is 0 Å². The minimum Gasteiger partial charge on any atom is -0.507 e. The van der Waals surface area contributed by atoms with Gasteiger partial charge in [0.2, 0.25) is 0 Å². The molecular formula is C28H27ClN2O4. The topological polar surface area (TPSA) is 70.1 Å². The summed E-state index contributed by atoms with van der Waals surface area (Å²) in [5, 5.41) is 11.8. The lowest BCUT2D eigenvalue weighted by Gasteiger charge is -2.26. The molecule has 0 saturated carbocycles. The molecule has 4 rings (SSSR count). The van der Waals surface area contributed by atoms with E-state index < -0.39 is 17.7 Å². The third-order valence-corrected chi connectivity index (χ3v) is 6.41. The summed E-state index contributed by atoms with van der Waals surface area (Å²) >= 11 is 6.36. The Labute approximate surface area is 210 Å². The number of Topliss-reactive ketones (excluding diaryl/α,β-unsaturated/α-hetero) is 1. The van der Waals surface area contributed by atoms with Crippen molar-refractivity contribution in [3.63, 3.8) is 0 Å². The number of aliphatic hydroxyl groups excluding tert-OH is 1. The summed E-state index contributed by atoms with van der Waals surface area (Å²) in [4.78, 5) is 30.1. The van der Waals surface area contributed by atoms with Crippen LogP contribution >= 0.6 is 11.6 Å². The number of ketones is 1. The number of halogens is 1. The van der Waals surface area contributed by atoms with Gasteiger partial charge in [-0.15, -0.1) is 0 Å². The summed E-state index contributed by atoms with van der Waals surface area (Å²) in [6.07, 6.45) is 0. The molecule has 0 radical (unpaired) electrons. The van der Waals surface area contributed by atoms with Gasteiger partial charge in [0.1, 0.15) is 11.5 Å². The first-order valence-electron chi connectivity index (χ1n) is 11.1. The highest BCUT2D eigenvalue weighted by molar-refractivity contribution is 6.51. The number of benzene rings is 3. The van der Waals surface area contributed by atoms with E-state index in [0.29, 0.717) is 16.3 Å². The highest BCUT2D eigenvalue weighted by atomic mass is 35.5. The van der Waals surface area contributed by atoms with Crippen LogP contribution in [0.2, 0.25) is 5.02 Å². The van der Waals surface area contributed by atoms with Crippen LogP contribution < -0.4 is 14.5 Å². The molecule has 1 N–H and O–H groups in total. The van der Waals surface area contributed by atoms with Crippen molar-refractivity contribution in [1.29, 1.82) is 0 Å². The normalized spacial score (nSPS) is 17.1. The Bertz CT molecular complexity index is 1330. The first-order valence-corrected chi connectivity index (χ1v) is 11.5. The van der Waals surface area contributed by atoms with Crippen molar-refractivity contribution < 1.29 is 19.4 Å². The van der Waals surface area contributed by atoms with Gasteiger partial charge in [0.25, 0.3) is 11.7 Å². The number of nitrogens with zero attached hydrogens (tertiary/aromatic N) is 2. The van der Waals surface area contributed by atoms with Crippen molar-refractivity contribution in [1.82, 2.24) is 0 Å². The largest absolute Gasteiger partial charge is 0.507 e. The van der Waals surface area contributed by atoms with Crippen molar-refractivity contribution in [3.05, 3.63) is 93.5 Å². The summed E-state index contributed by atoms with van der Waals surface area (Å²) in [5.41, 5.74) is 4.26. The lowest BCUT2D eigenvalue weighted by atomic mass is 9.94. The van der Waals surface area contributed by atoms with Crippen LogP contribution in [-0.2, 0) is 9.59 Å². The Morgan fingerprint density at radius 2 is 1.60 bits per heavy atom. The fourth-order valence-electron chi connectivity index (χ4n) is 4.33. The van der Waals surface area contributed by atoms with Gasteiger partial charge in [-0.25, -0.2) is 0 Å². The number of rotatable bonds is 5. The van der Waals surface area contributed by atoms with Crippen LogP contribution in [0.3, 0.4) is 0 Å². The number of aliphatic hydroxyl groups is 1. The molecule has 1 fully saturated rings. The average molecular weight is 491 g/mol. The summed E-state index contributed by atoms with van der Waals surface area (Å²) in [6, 6.07) is 17.5. The molecule has 1 unspecified atom stereocenters. The van der Waals surface area contributed by atoms with Crippen LogP contribution in [0, 0.1) is 13.8 Å². The number of aryl methyl sites for hydroxylation is 2. The minimum absolute atomic E-state index is 0.0202. The standard InChI is InChI=1S/C28H27ClN2O4/c1-16-6-10-20(11-7-16)31-24(18-8-12-19(13-9-18)30(3)4)23(26(33)28(31)34)25(32)21-14-17(2)15-22(29)27(21)35-5/h6-15,24,32H,1-5H3/b25-23+. The highest BCUT2D eigenvalue weighted by Crippen LogP contribution is 2.44. The summed E-state index contributed by atoms with van der Waals surface area (Å²) in [5.74, 6) is -1.58. The average Bonchev–Trinajstić information content (AvgIpc) is 3.09. The zero-order chi connectivity index (χ0) is 25.4. The summed E-state index contributed by atoms with van der Waals surface area (Å²) < 4.78 is 5.44. The van der Waals surface area contributed by atoms with Crippen LogP contribution in [-0.4, -0.2) is 38.0 Å². The van der Waals surface area contributed by atoms with E-state index in [1.54, 1.807) is 24.3 Å². The molecule has 0 aromatic heterocycles. The lowest BCUT2D eigenvalue weighted by molar-refractivity contribution is -0.132. The lowest BCUT2D eigenvalue weighted by Crippen LogP contribution is -2.29. The van der Waals surface area contributed by atoms with Crippen LogP contribution in [0.15, 0.2) is 66.2 Å². The Morgan fingerprint density at radius 1 is 0.971 bits per heavy atom. The zero-order valence-corrected chi connectivity index (χ0v) is 21.1. The first kappa shape index (κ1) is 24.4. The second-order valence-electron chi connectivity index (χ2n) is 8.82. The summed E-state index contributed by atoms with van der Waals surface area (Å²) in [6.45, 7) is 3.77. The van der Waals surface area contributed by atoms with Crippen LogP contribution in [0.4, 0.5) is 11.4 Å². The maximum atomic E-state index is 13.4. The van der Waals surface area contributed by atoms with Gasteiger partial charge in [-0.3, -0.25) is 14.5 Å². The second-order valence-corrected chi connectivity index (χ2v) is 9.23. The SMILES string of the molecule is COc1c(Cl)cc(C)cc1/C(O)=C1\C(=O)C(=O)N(c2ccc(C)cc2)C1c1ccc(N(C)C)cc1. The quantitative estimate of drug-likeness (QED) is 0.284. The molecule has 180 valence electrons. The number of anilines is 2. The molecule has 0 aliphatic carbocycles. The smallest absolute Gasteiger partial charge is 0.300 e. The first-order chi connectivity index (χ1) is 16.6.